The Morgan fingerprint density at radius 2 is 2.10 bits per heavy atom. The number of hydrogen-bond donors (Lipinski definition) is 2. The lowest BCUT2D eigenvalue weighted by Crippen LogP contribution is -2.43. The molecule has 0 aromatic heterocycles. The van der Waals surface area contributed by atoms with Gasteiger partial charge in [-0.1, -0.05) is 0 Å². The molecule has 1 aliphatic carbocycles. The van der Waals surface area contributed by atoms with Gasteiger partial charge < -0.3 is 15.3 Å². The molecule has 0 aromatic rings. The van der Waals surface area contributed by atoms with Crippen LogP contribution in [0.2, 0.25) is 0 Å². The van der Waals surface area contributed by atoms with Crippen molar-refractivity contribution in [3.05, 3.63) is 0 Å². The molecular weight excluding hydrogens is 258 g/mol. The summed E-state index contributed by atoms with van der Waals surface area (Å²) >= 11 is 0. The summed E-state index contributed by atoms with van der Waals surface area (Å²) in [6.07, 6.45) is 3.97. The summed E-state index contributed by atoms with van der Waals surface area (Å²) in [4.78, 5) is 27.3. The Morgan fingerprint density at radius 3 is 2.75 bits per heavy atom. The molecule has 2 amide bonds. The highest BCUT2D eigenvalue weighted by atomic mass is 16.3. The average molecular weight is 283 g/mol. The Bertz CT molecular complexity index is 358. The number of hydrogen-bond acceptors (Lipinski definition) is 4. The summed E-state index contributed by atoms with van der Waals surface area (Å²) in [7, 11) is 1.68. The molecule has 2 aliphatic rings. The highest BCUT2D eigenvalue weighted by Gasteiger charge is 2.26. The van der Waals surface area contributed by atoms with Gasteiger partial charge in [-0.2, -0.15) is 0 Å². The van der Waals surface area contributed by atoms with Crippen molar-refractivity contribution < 1.29 is 14.7 Å². The van der Waals surface area contributed by atoms with E-state index in [2.05, 4.69) is 10.2 Å². The van der Waals surface area contributed by atoms with Gasteiger partial charge in [-0.15, -0.1) is 0 Å². The van der Waals surface area contributed by atoms with Crippen LogP contribution in [-0.4, -0.2) is 72.6 Å². The van der Waals surface area contributed by atoms with E-state index < -0.39 is 0 Å². The molecule has 1 saturated carbocycles. The van der Waals surface area contributed by atoms with E-state index in [-0.39, 0.29) is 25.0 Å². The van der Waals surface area contributed by atoms with Crippen molar-refractivity contribution in [1.82, 2.24) is 15.1 Å². The highest BCUT2D eigenvalue weighted by molar-refractivity contribution is 5.85. The summed E-state index contributed by atoms with van der Waals surface area (Å²) in [5.41, 5.74) is 0. The molecule has 114 valence electrons. The first kappa shape index (κ1) is 15.3. The first-order valence-electron chi connectivity index (χ1n) is 7.45. The normalized spacial score (nSPS) is 22.8. The minimum Gasteiger partial charge on any atom is -0.396 e. The van der Waals surface area contributed by atoms with Gasteiger partial charge in [0.15, 0.2) is 0 Å². The number of amides is 2. The van der Waals surface area contributed by atoms with Crippen LogP contribution in [0.5, 0.6) is 0 Å². The van der Waals surface area contributed by atoms with E-state index in [0.29, 0.717) is 18.5 Å². The minimum atomic E-state index is -0.0667. The monoisotopic (exact) mass is 283 g/mol. The van der Waals surface area contributed by atoms with E-state index in [4.69, 9.17) is 5.11 Å². The van der Waals surface area contributed by atoms with E-state index >= 15 is 0 Å². The zero-order valence-corrected chi connectivity index (χ0v) is 12.2. The van der Waals surface area contributed by atoms with Crippen LogP contribution in [0.1, 0.15) is 25.7 Å². The third-order valence-corrected chi connectivity index (χ3v) is 4.02. The van der Waals surface area contributed by atoms with Crippen LogP contribution >= 0.6 is 0 Å². The largest absolute Gasteiger partial charge is 0.396 e. The van der Waals surface area contributed by atoms with E-state index in [9.17, 15) is 9.59 Å². The molecule has 1 aliphatic heterocycles. The molecule has 6 nitrogen and oxygen atoms in total. The van der Waals surface area contributed by atoms with Crippen molar-refractivity contribution in [2.75, 3.05) is 39.8 Å². The van der Waals surface area contributed by atoms with E-state index in [1.54, 1.807) is 7.05 Å². The SMILES string of the molecule is CN(CC(=O)NC1CC1)C(=O)CN1CCC(CCO)C1. The summed E-state index contributed by atoms with van der Waals surface area (Å²) in [6.45, 7) is 2.50. The molecule has 1 atom stereocenters. The summed E-state index contributed by atoms with van der Waals surface area (Å²) in [6, 6.07) is 0.337. The van der Waals surface area contributed by atoms with Crippen LogP contribution < -0.4 is 5.32 Å². The standard InChI is InChI=1S/C14H25N3O3/c1-16(9-13(19)15-12-2-3-12)14(20)10-17-6-4-11(8-17)5-7-18/h11-12,18H,2-10H2,1H3,(H,15,19). The van der Waals surface area contributed by atoms with E-state index in [1.807, 2.05) is 0 Å². The number of nitrogens with one attached hydrogen (secondary N) is 1. The van der Waals surface area contributed by atoms with Gasteiger partial charge in [0.1, 0.15) is 0 Å². The number of likely N-dealkylation sites (tertiary alicyclic amines) is 1. The second kappa shape index (κ2) is 7.04. The van der Waals surface area contributed by atoms with Gasteiger partial charge in [-0.25, -0.2) is 0 Å². The summed E-state index contributed by atoms with van der Waals surface area (Å²) in [5, 5.41) is 11.8. The molecule has 2 rings (SSSR count). The van der Waals surface area contributed by atoms with Crippen molar-refractivity contribution in [1.29, 1.82) is 0 Å². The van der Waals surface area contributed by atoms with Gasteiger partial charge in [0, 0.05) is 26.2 Å². The molecule has 6 heteroatoms. The number of aliphatic hydroxyl groups excluding tert-OH is 1. The molecule has 0 aromatic carbocycles. The average Bonchev–Trinajstić information content (AvgIpc) is 3.09. The number of rotatable bonds is 7. The molecule has 1 heterocycles. The molecule has 20 heavy (non-hydrogen) atoms. The lowest BCUT2D eigenvalue weighted by Gasteiger charge is -2.21. The minimum absolute atomic E-state index is 0.0133. The van der Waals surface area contributed by atoms with Gasteiger partial charge in [0.25, 0.3) is 0 Å². The Hall–Kier alpha value is -1.14. The van der Waals surface area contributed by atoms with Gasteiger partial charge in [-0.05, 0) is 38.1 Å². The number of carbonyl (C=O) groups is 2. The quantitative estimate of drug-likeness (QED) is 0.656. The maximum atomic E-state index is 12.1. The number of nitrogens with zero attached hydrogens (tertiary/aromatic N) is 2. The Balaban J connectivity index is 1.66. The molecule has 1 unspecified atom stereocenters. The maximum Gasteiger partial charge on any atom is 0.239 e. The van der Waals surface area contributed by atoms with Crippen LogP contribution in [0.25, 0.3) is 0 Å². The van der Waals surface area contributed by atoms with Crippen LogP contribution in [0, 0.1) is 5.92 Å². The molecule has 1 saturated heterocycles. The smallest absolute Gasteiger partial charge is 0.239 e. The van der Waals surface area contributed by atoms with Crippen LogP contribution in [0.4, 0.5) is 0 Å². The van der Waals surface area contributed by atoms with Crippen molar-refractivity contribution in [2.45, 2.75) is 31.7 Å². The number of carbonyl (C=O) groups excluding carboxylic acids is 2. The van der Waals surface area contributed by atoms with Crippen molar-refractivity contribution >= 4 is 11.8 Å². The van der Waals surface area contributed by atoms with Gasteiger partial charge >= 0.3 is 0 Å². The first-order valence-corrected chi connectivity index (χ1v) is 7.45. The third-order valence-electron chi connectivity index (χ3n) is 4.02. The Labute approximate surface area is 120 Å². The molecule has 0 spiro atoms. The third kappa shape index (κ3) is 4.76. The van der Waals surface area contributed by atoms with Gasteiger partial charge in [-0.3, -0.25) is 14.5 Å². The van der Waals surface area contributed by atoms with Crippen LogP contribution in [-0.2, 0) is 9.59 Å². The van der Waals surface area contributed by atoms with E-state index in [0.717, 1.165) is 38.8 Å². The van der Waals surface area contributed by atoms with Gasteiger partial charge in [0.2, 0.25) is 11.8 Å². The lowest BCUT2D eigenvalue weighted by atomic mass is 10.1. The maximum absolute atomic E-state index is 12.1. The first-order chi connectivity index (χ1) is 9.58. The predicted octanol–water partition coefficient (Wildman–Crippen LogP) is -0.572. The second-order valence-electron chi connectivity index (χ2n) is 5.99. The Kier molecular flexibility index (Phi) is 5.37. The fourth-order valence-corrected chi connectivity index (χ4v) is 2.59. The highest BCUT2D eigenvalue weighted by Crippen LogP contribution is 2.19. The molecule has 2 N–H and O–H groups in total. The fraction of sp³-hybridized carbons (Fsp3) is 0.857. The van der Waals surface area contributed by atoms with Crippen molar-refractivity contribution in [2.24, 2.45) is 5.92 Å². The van der Waals surface area contributed by atoms with E-state index in [1.165, 1.54) is 4.90 Å². The topological polar surface area (TPSA) is 72.9 Å². The zero-order chi connectivity index (χ0) is 14.5. The zero-order valence-electron chi connectivity index (χ0n) is 12.2. The molecular formula is C14H25N3O3. The number of aliphatic hydroxyl groups is 1. The predicted molar refractivity (Wildman–Crippen MR) is 75.1 cm³/mol. The van der Waals surface area contributed by atoms with Crippen molar-refractivity contribution in [3.8, 4) is 0 Å². The van der Waals surface area contributed by atoms with Crippen molar-refractivity contribution in [3.63, 3.8) is 0 Å². The molecule has 2 fully saturated rings. The molecule has 0 radical (unpaired) electrons. The summed E-state index contributed by atoms with van der Waals surface area (Å²) < 4.78 is 0. The van der Waals surface area contributed by atoms with Gasteiger partial charge in [0.05, 0.1) is 13.1 Å². The molecule has 0 bridgehead atoms. The summed E-state index contributed by atoms with van der Waals surface area (Å²) in [5.74, 6) is 0.416. The second-order valence-corrected chi connectivity index (χ2v) is 5.99. The van der Waals surface area contributed by atoms with Crippen LogP contribution in [0.15, 0.2) is 0 Å². The lowest BCUT2D eigenvalue weighted by molar-refractivity contribution is -0.135. The Morgan fingerprint density at radius 1 is 1.35 bits per heavy atom. The number of likely N-dealkylation sites (N-methyl/N-ethyl adjacent to an activating group) is 1. The fourth-order valence-electron chi connectivity index (χ4n) is 2.59. The van der Waals surface area contributed by atoms with Crippen LogP contribution in [0.3, 0.4) is 0 Å².